The fourth-order valence-electron chi connectivity index (χ4n) is 1.39. The molecule has 3 nitrogen and oxygen atoms in total. The van der Waals surface area contributed by atoms with E-state index in [9.17, 15) is 0 Å². The first-order valence-electron chi connectivity index (χ1n) is 6.39. The normalized spacial score (nSPS) is 13.1. The number of aromatic nitrogens is 2. The summed E-state index contributed by atoms with van der Waals surface area (Å²) in [6.45, 7) is 11.0. The smallest absolute Gasteiger partial charge is 0.147 e. The fourth-order valence-corrected chi connectivity index (χ4v) is 1.39. The summed E-state index contributed by atoms with van der Waals surface area (Å²) in [5.41, 5.74) is 0. The minimum Gasteiger partial charge on any atom is -0.368 e. The van der Waals surface area contributed by atoms with Crippen molar-refractivity contribution in [1.82, 2.24) is 9.78 Å². The average molecular weight is 223 g/mol. The molecule has 0 saturated heterocycles. The van der Waals surface area contributed by atoms with E-state index in [1.807, 2.05) is 4.68 Å². The van der Waals surface area contributed by atoms with Gasteiger partial charge in [-0.05, 0) is 18.3 Å². The maximum atomic E-state index is 4.49. The molecule has 92 valence electrons. The minimum atomic E-state index is 0.709. The standard InChI is InChI=1S/C13H25N3/c1-5-12(4)10-14-13-7-9-16(15-13)8-6-11(2)3/h7,9,11-12H,5-6,8,10H2,1-4H3,(H,14,15). The number of nitrogens with one attached hydrogen (secondary N) is 1. The van der Waals surface area contributed by atoms with Crippen LogP contribution in [0, 0.1) is 11.8 Å². The Bertz CT molecular complexity index is 291. The highest BCUT2D eigenvalue weighted by Gasteiger charge is 2.02. The van der Waals surface area contributed by atoms with Crippen LogP contribution in [0.4, 0.5) is 5.82 Å². The van der Waals surface area contributed by atoms with Crippen molar-refractivity contribution in [2.75, 3.05) is 11.9 Å². The number of hydrogen-bond donors (Lipinski definition) is 1. The second-order valence-corrected chi connectivity index (χ2v) is 5.04. The van der Waals surface area contributed by atoms with Gasteiger partial charge in [0.1, 0.15) is 5.82 Å². The highest BCUT2D eigenvalue weighted by Crippen LogP contribution is 2.08. The molecule has 0 fully saturated rings. The van der Waals surface area contributed by atoms with Gasteiger partial charge in [0.05, 0.1) is 0 Å². The van der Waals surface area contributed by atoms with Gasteiger partial charge in [0.2, 0.25) is 0 Å². The van der Waals surface area contributed by atoms with Gasteiger partial charge in [-0.15, -0.1) is 0 Å². The molecule has 0 amide bonds. The van der Waals surface area contributed by atoms with Gasteiger partial charge in [-0.1, -0.05) is 34.1 Å². The number of anilines is 1. The third kappa shape index (κ3) is 4.69. The van der Waals surface area contributed by atoms with Crippen molar-refractivity contribution in [2.45, 2.75) is 47.1 Å². The maximum Gasteiger partial charge on any atom is 0.147 e. The highest BCUT2D eigenvalue weighted by atomic mass is 15.3. The van der Waals surface area contributed by atoms with Crippen LogP contribution in [0.25, 0.3) is 0 Å². The van der Waals surface area contributed by atoms with Crippen molar-refractivity contribution in [3.63, 3.8) is 0 Å². The van der Waals surface area contributed by atoms with Crippen molar-refractivity contribution in [2.24, 2.45) is 11.8 Å². The fraction of sp³-hybridized carbons (Fsp3) is 0.769. The summed E-state index contributed by atoms with van der Waals surface area (Å²) in [4.78, 5) is 0. The molecule has 1 heterocycles. The Hall–Kier alpha value is -0.990. The topological polar surface area (TPSA) is 29.9 Å². The van der Waals surface area contributed by atoms with E-state index in [0.29, 0.717) is 5.92 Å². The quantitative estimate of drug-likeness (QED) is 0.768. The Balaban J connectivity index is 2.33. The second kappa shape index (κ2) is 6.56. The second-order valence-electron chi connectivity index (χ2n) is 5.04. The summed E-state index contributed by atoms with van der Waals surface area (Å²) in [7, 11) is 0. The molecule has 0 bridgehead atoms. The van der Waals surface area contributed by atoms with Crippen LogP contribution in [0.5, 0.6) is 0 Å². The molecule has 1 N–H and O–H groups in total. The molecule has 0 aromatic carbocycles. The van der Waals surface area contributed by atoms with E-state index in [1.54, 1.807) is 0 Å². The summed E-state index contributed by atoms with van der Waals surface area (Å²) in [5.74, 6) is 2.45. The van der Waals surface area contributed by atoms with Gasteiger partial charge < -0.3 is 5.32 Å². The lowest BCUT2D eigenvalue weighted by Gasteiger charge is -2.09. The molecule has 1 aromatic heterocycles. The van der Waals surface area contributed by atoms with Crippen molar-refractivity contribution < 1.29 is 0 Å². The van der Waals surface area contributed by atoms with E-state index < -0.39 is 0 Å². The molecule has 1 aromatic rings. The predicted molar refractivity (Wildman–Crippen MR) is 69.6 cm³/mol. The van der Waals surface area contributed by atoms with Crippen LogP contribution >= 0.6 is 0 Å². The SMILES string of the molecule is CCC(C)CNc1ccn(CCC(C)C)n1. The first kappa shape index (κ1) is 13.1. The van der Waals surface area contributed by atoms with Crippen LogP contribution in [0.3, 0.4) is 0 Å². The molecule has 0 spiro atoms. The maximum absolute atomic E-state index is 4.49. The average Bonchev–Trinajstić information content (AvgIpc) is 2.71. The Morgan fingerprint density at radius 1 is 1.38 bits per heavy atom. The van der Waals surface area contributed by atoms with Crippen LogP contribution in [0.1, 0.15) is 40.5 Å². The zero-order valence-corrected chi connectivity index (χ0v) is 11.0. The highest BCUT2D eigenvalue weighted by molar-refractivity contribution is 5.31. The van der Waals surface area contributed by atoms with Crippen LogP contribution in [0.15, 0.2) is 12.3 Å². The van der Waals surface area contributed by atoms with Crippen LogP contribution in [-0.2, 0) is 6.54 Å². The first-order chi connectivity index (χ1) is 7.61. The molecule has 0 saturated carbocycles. The van der Waals surface area contributed by atoms with E-state index in [-0.39, 0.29) is 0 Å². The van der Waals surface area contributed by atoms with Crippen LogP contribution in [0.2, 0.25) is 0 Å². The van der Waals surface area contributed by atoms with E-state index >= 15 is 0 Å². The van der Waals surface area contributed by atoms with Gasteiger partial charge >= 0.3 is 0 Å². The molecule has 16 heavy (non-hydrogen) atoms. The zero-order chi connectivity index (χ0) is 12.0. The Morgan fingerprint density at radius 2 is 2.12 bits per heavy atom. The lowest BCUT2D eigenvalue weighted by atomic mass is 10.1. The van der Waals surface area contributed by atoms with Gasteiger partial charge in [0.25, 0.3) is 0 Å². The van der Waals surface area contributed by atoms with Gasteiger partial charge in [0.15, 0.2) is 0 Å². The molecular formula is C13H25N3. The molecule has 1 atom stereocenters. The van der Waals surface area contributed by atoms with E-state index in [4.69, 9.17) is 0 Å². The van der Waals surface area contributed by atoms with Crippen molar-refractivity contribution in [1.29, 1.82) is 0 Å². The van der Waals surface area contributed by atoms with Crippen LogP contribution < -0.4 is 5.32 Å². The number of rotatable bonds is 7. The Morgan fingerprint density at radius 3 is 2.75 bits per heavy atom. The van der Waals surface area contributed by atoms with Gasteiger partial charge in [0, 0.05) is 25.4 Å². The molecule has 1 unspecified atom stereocenters. The van der Waals surface area contributed by atoms with E-state index in [1.165, 1.54) is 12.8 Å². The molecule has 0 aliphatic carbocycles. The molecule has 0 aliphatic heterocycles. The largest absolute Gasteiger partial charge is 0.368 e. The van der Waals surface area contributed by atoms with Gasteiger partial charge in [-0.3, -0.25) is 4.68 Å². The lowest BCUT2D eigenvalue weighted by molar-refractivity contribution is 0.487. The predicted octanol–water partition coefficient (Wildman–Crippen LogP) is 3.39. The number of aryl methyl sites for hydroxylation is 1. The number of nitrogens with zero attached hydrogens (tertiary/aromatic N) is 2. The first-order valence-corrected chi connectivity index (χ1v) is 6.39. The summed E-state index contributed by atoms with van der Waals surface area (Å²) in [6.07, 6.45) is 4.45. The van der Waals surface area contributed by atoms with Gasteiger partial charge in [-0.25, -0.2) is 0 Å². The van der Waals surface area contributed by atoms with Crippen molar-refractivity contribution in [3.8, 4) is 0 Å². The third-order valence-corrected chi connectivity index (χ3v) is 2.90. The van der Waals surface area contributed by atoms with Crippen LogP contribution in [-0.4, -0.2) is 16.3 Å². The zero-order valence-electron chi connectivity index (χ0n) is 11.0. The van der Waals surface area contributed by atoms with E-state index in [2.05, 4.69) is 50.4 Å². The number of hydrogen-bond acceptors (Lipinski definition) is 2. The summed E-state index contributed by atoms with van der Waals surface area (Å²) < 4.78 is 2.03. The van der Waals surface area contributed by atoms with E-state index in [0.717, 1.165) is 24.8 Å². The molecule has 0 radical (unpaired) electrons. The molecule has 0 aliphatic rings. The van der Waals surface area contributed by atoms with Gasteiger partial charge in [-0.2, -0.15) is 5.10 Å². The molecular weight excluding hydrogens is 198 g/mol. The summed E-state index contributed by atoms with van der Waals surface area (Å²) in [5, 5.41) is 7.87. The summed E-state index contributed by atoms with van der Waals surface area (Å²) in [6, 6.07) is 2.06. The Labute approximate surface area is 99.2 Å². The molecule has 1 rings (SSSR count). The monoisotopic (exact) mass is 223 g/mol. The Kier molecular flexibility index (Phi) is 5.36. The lowest BCUT2D eigenvalue weighted by Crippen LogP contribution is -2.11. The third-order valence-electron chi connectivity index (χ3n) is 2.90. The minimum absolute atomic E-state index is 0.709. The van der Waals surface area contributed by atoms with Crippen molar-refractivity contribution in [3.05, 3.63) is 12.3 Å². The summed E-state index contributed by atoms with van der Waals surface area (Å²) >= 11 is 0. The van der Waals surface area contributed by atoms with Crippen molar-refractivity contribution >= 4 is 5.82 Å². The molecule has 3 heteroatoms.